The number of morpholine rings is 1. The Kier molecular flexibility index (Phi) is 6.54. The van der Waals surface area contributed by atoms with Crippen LogP contribution >= 0.6 is 11.6 Å². The third-order valence-electron chi connectivity index (χ3n) is 4.64. The van der Waals surface area contributed by atoms with Crippen LogP contribution in [-0.4, -0.2) is 47.5 Å². The normalized spacial score (nSPS) is 14.1. The van der Waals surface area contributed by atoms with Crippen LogP contribution in [0.1, 0.15) is 11.3 Å². The number of ether oxygens (including phenoxy) is 1. The van der Waals surface area contributed by atoms with Crippen LogP contribution in [0.2, 0.25) is 5.02 Å². The van der Waals surface area contributed by atoms with Crippen molar-refractivity contribution in [2.75, 3.05) is 41.9 Å². The molecule has 1 aliphatic rings. The van der Waals surface area contributed by atoms with E-state index in [2.05, 4.69) is 30.8 Å². The van der Waals surface area contributed by atoms with E-state index in [1.165, 1.54) is 6.21 Å². The number of para-hydroxylation sites is 1. The van der Waals surface area contributed by atoms with E-state index in [9.17, 15) is 4.39 Å². The first-order chi connectivity index (χ1) is 15.1. The Morgan fingerprint density at radius 3 is 2.77 bits per heavy atom. The third kappa shape index (κ3) is 5.25. The molecule has 1 aromatic carbocycles. The fourth-order valence-corrected chi connectivity index (χ4v) is 3.35. The van der Waals surface area contributed by atoms with Crippen molar-refractivity contribution in [1.29, 1.82) is 0 Å². The highest BCUT2D eigenvalue weighted by Gasteiger charge is 2.17. The minimum atomic E-state index is -0.480. The molecule has 0 spiro atoms. The van der Waals surface area contributed by atoms with Crippen molar-refractivity contribution < 1.29 is 9.13 Å². The Balaban J connectivity index is 1.44. The Hall–Kier alpha value is -3.30. The van der Waals surface area contributed by atoms with E-state index in [0.29, 0.717) is 42.8 Å². The number of nitrogens with one attached hydrogen (secondary N) is 2. The Bertz CT molecular complexity index is 1070. The van der Waals surface area contributed by atoms with Gasteiger partial charge in [0.25, 0.3) is 0 Å². The summed E-state index contributed by atoms with van der Waals surface area (Å²) in [6.45, 7) is 4.19. The monoisotopic (exact) mass is 441 g/mol. The van der Waals surface area contributed by atoms with Gasteiger partial charge in [0.1, 0.15) is 5.82 Å². The largest absolute Gasteiger partial charge is 0.378 e. The molecule has 1 aliphatic heterocycles. The van der Waals surface area contributed by atoms with Gasteiger partial charge in [0, 0.05) is 13.1 Å². The molecular formula is C21H21ClFN7O. The number of pyridine rings is 1. The summed E-state index contributed by atoms with van der Waals surface area (Å²) >= 11 is 6.27. The molecule has 0 radical (unpaired) electrons. The fourth-order valence-electron chi connectivity index (χ4n) is 3.08. The van der Waals surface area contributed by atoms with Crippen LogP contribution in [0, 0.1) is 12.7 Å². The lowest BCUT2D eigenvalue weighted by Crippen LogP contribution is -2.37. The number of halogens is 2. The summed E-state index contributed by atoms with van der Waals surface area (Å²) in [5, 5.41) is 7.98. The van der Waals surface area contributed by atoms with Crippen molar-refractivity contribution in [1.82, 2.24) is 15.0 Å². The van der Waals surface area contributed by atoms with Gasteiger partial charge in [0.15, 0.2) is 11.6 Å². The highest BCUT2D eigenvalue weighted by Crippen LogP contribution is 2.28. The number of benzene rings is 1. The van der Waals surface area contributed by atoms with E-state index in [0.717, 1.165) is 17.4 Å². The average molecular weight is 442 g/mol. The first-order valence-corrected chi connectivity index (χ1v) is 10.1. The molecule has 0 amide bonds. The van der Waals surface area contributed by atoms with Crippen LogP contribution in [0.5, 0.6) is 0 Å². The van der Waals surface area contributed by atoms with Crippen LogP contribution in [-0.2, 0) is 4.74 Å². The van der Waals surface area contributed by atoms with Crippen LogP contribution in [0.4, 0.5) is 27.7 Å². The first-order valence-electron chi connectivity index (χ1n) is 9.73. The van der Waals surface area contributed by atoms with Gasteiger partial charge in [0.05, 0.1) is 42.0 Å². The number of aromatic nitrogens is 3. The summed E-state index contributed by atoms with van der Waals surface area (Å²) in [5.41, 5.74) is 5.16. The van der Waals surface area contributed by atoms with Crippen molar-refractivity contribution in [2.45, 2.75) is 6.92 Å². The third-order valence-corrected chi connectivity index (χ3v) is 4.96. The molecule has 0 saturated carbocycles. The second-order valence-corrected chi connectivity index (χ2v) is 7.25. The smallest absolute Gasteiger partial charge is 0.245 e. The van der Waals surface area contributed by atoms with Crippen LogP contribution in [0.25, 0.3) is 0 Å². The molecule has 0 unspecified atom stereocenters. The van der Waals surface area contributed by atoms with Gasteiger partial charge >= 0.3 is 0 Å². The molecule has 8 nitrogen and oxygen atoms in total. The van der Waals surface area contributed by atoms with Crippen molar-refractivity contribution in [2.24, 2.45) is 5.10 Å². The molecule has 31 heavy (non-hydrogen) atoms. The van der Waals surface area contributed by atoms with Crippen LogP contribution < -0.4 is 15.6 Å². The number of nitrogens with zero attached hydrogens (tertiary/aromatic N) is 5. The fraction of sp³-hybridized carbons (Fsp3) is 0.238. The molecule has 0 atom stereocenters. The second-order valence-electron chi connectivity index (χ2n) is 6.84. The zero-order valence-electron chi connectivity index (χ0n) is 16.8. The van der Waals surface area contributed by atoms with Gasteiger partial charge in [-0.1, -0.05) is 29.8 Å². The zero-order valence-corrected chi connectivity index (χ0v) is 17.6. The topological polar surface area (TPSA) is 87.6 Å². The molecule has 3 heterocycles. The SMILES string of the molecule is Cc1cccc(Cl)c1Nc1cccc(/C=N\Nc2ncc(F)c(N3CCOCC3)n2)n1. The van der Waals surface area contributed by atoms with Crippen LogP contribution in [0.3, 0.4) is 0 Å². The number of hydrogen-bond donors (Lipinski definition) is 2. The first kappa shape index (κ1) is 21.0. The van der Waals surface area contributed by atoms with E-state index in [4.69, 9.17) is 16.3 Å². The molecule has 4 rings (SSSR count). The minimum Gasteiger partial charge on any atom is -0.378 e. The van der Waals surface area contributed by atoms with Crippen molar-refractivity contribution in [3.05, 3.63) is 64.7 Å². The molecule has 1 fully saturated rings. The van der Waals surface area contributed by atoms with Crippen LogP contribution in [0.15, 0.2) is 47.7 Å². The summed E-state index contributed by atoms with van der Waals surface area (Å²) in [6.07, 6.45) is 2.66. The summed E-state index contributed by atoms with van der Waals surface area (Å²) in [6, 6.07) is 11.2. The number of hydrogen-bond acceptors (Lipinski definition) is 8. The number of aryl methyl sites for hydroxylation is 1. The predicted molar refractivity (Wildman–Crippen MR) is 120 cm³/mol. The van der Waals surface area contributed by atoms with Gasteiger partial charge in [-0.3, -0.25) is 0 Å². The molecule has 10 heteroatoms. The van der Waals surface area contributed by atoms with Gasteiger partial charge in [-0.25, -0.2) is 19.8 Å². The molecule has 0 bridgehead atoms. The highest BCUT2D eigenvalue weighted by atomic mass is 35.5. The lowest BCUT2D eigenvalue weighted by molar-refractivity contribution is 0.122. The van der Waals surface area contributed by atoms with E-state index in [1.807, 2.05) is 42.2 Å². The van der Waals surface area contributed by atoms with Gasteiger partial charge in [-0.05, 0) is 30.7 Å². The second kappa shape index (κ2) is 9.67. The van der Waals surface area contributed by atoms with Crippen molar-refractivity contribution in [3.8, 4) is 0 Å². The Labute approximate surface area is 184 Å². The Morgan fingerprint density at radius 2 is 1.97 bits per heavy atom. The standard InChI is InChI=1S/C21H21ClFN7O/c1-14-4-2-6-16(22)19(14)27-18-7-3-5-15(26-18)12-25-29-21-24-13-17(23)20(28-21)30-8-10-31-11-9-30/h2-7,12-13H,8-11H2,1H3,(H,26,27)(H,24,28,29)/b25-12-. The van der Waals surface area contributed by atoms with Gasteiger partial charge in [-0.15, -0.1) is 0 Å². The minimum absolute atomic E-state index is 0.195. The summed E-state index contributed by atoms with van der Waals surface area (Å²) in [5.74, 6) is 0.579. The average Bonchev–Trinajstić information content (AvgIpc) is 2.78. The maximum atomic E-state index is 14.1. The maximum Gasteiger partial charge on any atom is 0.245 e. The summed E-state index contributed by atoms with van der Waals surface area (Å²) in [7, 11) is 0. The molecule has 1 saturated heterocycles. The molecule has 160 valence electrons. The van der Waals surface area contributed by atoms with Crippen molar-refractivity contribution in [3.63, 3.8) is 0 Å². The molecule has 2 aromatic heterocycles. The summed E-state index contributed by atoms with van der Waals surface area (Å²) < 4.78 is 19.4. The zero-order chi connectivity index (χ0) is 21.6. The lowest BCUT2D eigenvalue weighted by atomic mass is 10.2. The molecule has 0 aliphatic carbocycles. The molecule has 3 aromatic rings. The van der Waals surface area contributed by atoms with E-state index in [1.54, 1.807) is 6.07 Å². The number of anilines is 4. The van der Waals surface area contributed by atoms with Gasteiger partial charge in [-0.2, -0.15) is 10.1 Å². The number of hydrazone groups is 1. The highest BCUT2D eigenvalue weighted by molar-refractivity contribution is 6.33. The van der Waals surface area contributed by atoms with E-state index >= 15 is 0 Å². The van der Waals surface area contributed by atoms with E-state index < -0.39 is 5.82 Å². The molecule has 2 N–H and O–H groups in total. The molecular weight excluding hydrogens is 421 g/mol. The van der Waals surface area contributed by atoms with Crippen molar-refractivity contribution >= 4 is 41.1 Å². The predicted octanol–water partition coefficient (Wildman–Crippen LogP) is 4.00. The van der Waals surface area contributed by atoms with Gasteiger partial charge < -0.3 is 15.0 Å². The maximum absolute atomic E-state index is 14.1. The lowest BCUT2D eigenvalue weighted by Gasteiger charge is -2.27. The van der Waals surface area contributed by atoms with E-state index in [-0.39, 0.29) is 11.8 Å². The Morgan fingerprint density at radius 1 is 1.16 bits per heavy atom. The summed E-state index contributed by atoms with van der Waals surface area (Å²) in [4.78, 5) is 14.5. The quantitative estimate of drug-likeness (QED) is 0.441. The number of rotatable bonds is 6. The van der Waals surface area contributed by atoms with Gasteiger partial charge in [0.2, 0.25) is 5.95 Å².